The number of aliphatic hydroxyl groups is 1. The van der Waals surface area contributed by atoms with Crippen molar-refractivity contribution in [2.45, 2.75) is 6.61 Å². The van der Waals surface area contributed by atoms with Crippen LogP contribution in [0.2, 0.25) is 0 Å². The lowest BCUT2D eigenvalue weighted by molar-refractivity contribution is 0.282. The van der Waals surface area contributed by atoms with Gasteiger partial charge in [-0.25, -0.2) is 0 Å². The summed E-state index contributed by atoms with van der Waals surface area (Å²) in [7, 11) is 0. The summed E-state index contributed by atoms with van der Waals surface area (Å²) in [6.45, 7) is 0.00887. The highest BCUT2D eigenvalue weighted by Gasteiger charge is 2.04. The van der Waals surface area contributed by atoms with Gasteiger partial charge in [0.05, 0.1) is 12.1 Å². The Balaban J connectivity index is 2.84. The largest absolute Gasteiger partial charge is 0.392 e. The van der Waals surface area contributed by atoms with Crippen LogP contribution in [0.1, 0.15) is 5.56 Å². The second-order valence-electron chi connectivity index (χ2n) is 2.76. The molecule has 1 heterocycles. The minimum Gasteiger partial charge on any atom is -0.392 e. The summed E-state index contributed by atoms with van der Waals surface area (Å²) in [6, 6.07) is 7.77. The summed E-state index contributed by atoms with van der Waals surface area (Å²) >= 11 is 3.38. The van der Waals surface area contributed by atoms with Crippen molar-refractivity contribution in [2.24, 2.45) is 0 Å². The van der Waals surface area contributed by atoms with Crippen molar-refractivity contribution in [3.05, 3.63) is 40.5 Å². The van der Waals surface area contributed by atoms with E-state index in [1.165, 1.54) is 0 Å². The predicted molar refractivity (Wildman–Crippen MR) is 55.4 cm³/mol. The lowest BCUT2D eigenvalue weighted by Gasteiger charge is -2.04. The molecule has 0 fully saturated rings. The molecule has 0 aliphatic rings. The van der Waals surface area contributed by atoms with Crippen molar-refractivity contribution in [3.63, 3.8) is 0 Å². The normalized spacial score (nSPS) is 10.6. The van der Waals surface area contributed by atoms with Gasteiger partial charge in [0.25, 0.3) is 0 Å². The quantitative estimate of drug-likeness (QED) is 0.827. The average molecular weight is 238 g/mol. The van der Waals surface area contributed by atoms with Crippen LogP contribution in [0.15, 0.2) is 34.9 Å². The molecule has 66 valence electrons. The minimum absolute atomic E-state index is 0.00887. The van der Waals surface area contributed by atoms with Crippen LogP contribution in [0, 0.1) is 0 Å². The van der Waals surface area contributed by atoms with Gasteiger partial charge in [-0.05, 0) is 12.1 Å². The molecule has 0 aliphatic carbocycles. The number of hydrogen-bond acceptors (Lipinski definition) is 2. The Morgan fingerprint density at radius 1 is 1.31 bits per heavy atom. The summed E-state index contributed by atoms with van der Waals surface area (Å²) < 4.78 is 0.904. The summed E-state index contributed by atoms with van der Waals surface area (Å²) in [5.74, 6) is 0. The zero-order valence-corrected chi connectivity index (χ0v) is 8.45. The van der Waals surface area contributed by atoms with Crippen LogP contribution in [0.3, 0.4) is 0 Å². The van der Waals surface area contributed by atoms with Crippen LogP contribution in [0.4, 0.5) is 0 Å². The topological polar surface area (TPSA) is 33.1 Å². The van der Waals surface area contributed by atoms with E-state index < -0.39 is 0 Å². The number of pyridine rings is 1. The van der Waals surface area contributed by atoms with Gasteiger partial charge in [-0.2, -0.15) is 0 Å². The van der Waals surface area contributed by atoms with Gasteiger partial charge < -0.3 is 5.11 Å². The fourth-order valence-electron chi connectivity index (χ4n) is 1.33. The van der Waals surface area contributed by atoms with E-state index in [2.05, 4.69) is 20.9 Å². The van der Waals surface area contributed by atoms with Gasteiger partial charge in [-0.1, -0.05) is 28.1 Å². The molecule has 2 rings (SSSR count). The molecule has 0 saturated heterocycles. The standard InChI is InChI=1S/C10H8BrNO/c11-9-4-3-7-2-1-5-12-10(7)8(9)6-13/h1-5,13H,6H2. The van der Waals surface area contributed by atoms with E-state index in [9.17, 15) is 0 Å². The molecule has 0 spiro atoms. The van der Waals surface area contributed by atoms with Gasteiger partial charge in [0.1, 0.15) is 0 Å². The Bertz CT molecular complexity index is 442. The van der Waals surface area contributed by atoms with Gasteiger partial charge in [0, 0.05) is 21.6 Å². The third kappa shape index (κ3) is 1.45. The van der Waals surface area contributed by atoms with Gasteiger partial charge in [-0.3, -0.25) is 4.98 Å². The Kier molecular flexibility index (Phi) is 2.29. The summed E-state index contributed by atoms with van der Waals surface area (Å²) in [4.78, 5) is 4.22. The van der Waals surface area contributed by atoms with E-state index in [4.69, 9.17) is 5.11 Å². The maximum atomic E-state index is 9.15. The molecular weight excluding hydrogens is 230 g/mol. The molecule has 2 nitrogen and oxygen atoms in total. The lowest BCUT2D eigenvalue weighted by Crippen LogP contribution is -1.89. The fourth-order valence-corrected chi connectivity index (χ4v) is 1.78. The number of nitrogens with zero attached hydrogens (tertiary/aromatic N) is 1. The highest BCUT2D eigenvalue weighted by molar-refractivity contribution is 9.10. The smallest absolute Gasteiger partial charge is 0.0768 e. The predicted octanol–water partition coefficient (Wildman–Crippen LogP) is 2.49. The first-order valence-corrected chi connectivity index (χ1v) is 4.75. The molecule has 1 aromatic heterocycles. The minimum atomic E-state index is 0.00887. The monoisotopic (exact) mass is 237 g/mol. The highest BCUT2D eigenvalue weighted by atomic mass is 79.9. The molecule has 1 N–H and O–H groups in total. The molecule has 1 aromatic carbocycles. The maximum Gasteiger partial charge on any atom is 0.0768 e. The first-order valence-electron chi connectivity index (χ1n) is 3.96. The van der Waals surface area contributed by atoms with Crippen molar-refractivity contribution in [1.82, 2.24) is 4.98 Å². The average Bonchev–Trinajstić information content (AvgIpc) is 2.18. The number of benzene rings is 1. The van der Waals surface area contributed by atoms with Gasteiger partial charge in [0.2, 0.25) is 0 Å². The Morgan fingerprint density at radius 3 is 2.92 bits per heavy atom. The zero-order valence-electron chi connectivity index (χ0n) is 6.87. The van der Waals surface area contributed by atoms with E-state index in [0.29, 0.717) is 0 Å². The third-order valence-corrected chi connectivity index (χ3v) is 2.72. The number of rotatable bonds is 1. The molecule has 0 bridgehead atoms. The van der Waals surface area contributed by atoms with Gasteiger partial charge in [-0.15, -0.1) is 0 Å². The first kappa shape index (κ1) is 8.66. The summed E-state index contributed by atoms with van der Waals surface area (Å²) in [6.07, 6.45) is 1.73. The molecule has 2 aromatic rings. The van der Waals surface area contributed by atoms with E-state index in [-0.39, 0.29) is 6.61 Å². The molecule has 0 radical (unpaired) electrons. The van der Waals surface area contributed by atoms with Crippen molar-refractivity contribution >= 4 is 26.8 Å². The zero-order chi connectivity index (χ0) is 9.26. The number of aliphatic hydroxyl groups excluding tert-OH is 1. The van der Waals surface area contributed by atoms with Crippen LogP contribution < -0.4 is 0 Å². The van der Waals surface area contributed by atoms with Crippen molar-refractivity contribution in [3.8, 4) is 0 Å². The van der Waals surface area contributed by atoms with Crippen molar-refractivity contribution < 1.29 is 5.11 Å². The van der Waals surface area contributed by atoms with E-state index in [1.54, 1.807) is 6.20 Å². The number of fused-ring (bicyclic) bond motifs is 1. The summed E-state index contributed by atoms with van der Waals surface area (Å²) in [5, 5.41) is 10.2. The third-order valence-electron chi connectivity index (χ3n) is 1.98. The maximum absolute atomic E-state index is 9.15. The highest BCUT2D eigenvalue weighted by Crippen LogP contribution is 2.24. The molecule has 3 heteroatoms. The molecule has 0 amide bonds. The SMILES string of the molecule is OCc1c(Br)ccc2cccnc12. The van der Waals surface area contributed by atoms with E-state index >= 15 is 0 Å². The fraction of sp³-hybridized carbons (Fsp3) is 0.100. The second kappa shape index (κ2) is 3.44. The van der Waals surface area contributed by atoms with Crippen LogP contribution in [0.25, 0.3) is 10.9 Å². The van der Waals surface area contributed by atoms with Crippen LogP contribution in [0.5, 0.6) is 0 Å². The van der Waals surface area contributed by atoms with Gasteiger partial charge in [0.15, 0.2) is 0 Å². The molecule has 0 atom stereocenters. The second-order valence-corrected chi connectivity index (χ2v) is 3.61. The van der Waals surface area contributed by atoms with E-state index in [1.807, 2.05) is 24.3 Å². The number of aromatic nitrogens is 1. The Labute approximate surface area is 84.4 Å². The summed E-state index contributed by atoms with van der Waals surface area (Å²) in [5.41, 5.74) is 1.71. The van der Waals surface area contributed by atoms with Crippen LogP contribution in [-0.4, -0.2) is 10.1 Å². The molecular formula is C10H8BrNO. The molecule has 0 aliphatic heterocycles. The molecule has 13 heavy (non-hydrogen) atoms. The van der Waals surface area contributed by atoms with Crippen molar-refractivity contribution in [2.75, 3.05) is 0 Å². The Hall–Kier alpha value is -0.930. The first-order chi connectivity index (χ1) is 6.33. The lowest BCUT2D eigenvalue weighted by atomic mass is 10.1. The molecule has 0 saturated carbocycles. The number of halogens is 1. The van der Waals surface area contributed by atoms with Crippen molar-refractivity contribution in [1.29, 1.82) is 0 Å². The van der Waals surface area contributed by atoms with Crippen LogP contribution >= 0.6 is 15.9 Å². The molecule has 0 unspecified atom stereocenters. The Morgan fingerprint density at radius 2 is 2.15 bits per heavy atom. The van der Waals surface area contributed by atoms with Crippen LogP contribution in [-0.2, 0) is 6.61 Å². The van der Waals surface area contributed by atoms with Gasteiger partial charge >= 0.3 is 0 Å². The number of hydrogen-bond donors (Lipinski definition) is 1. The van der Waals surface area contributed by atoms with E-state index in [0.717, 1.165) is 20.9 Å².